The molecule has 1 aliphatic carbocycles. The van der Waals surface area contributed by atoms with Gasteiger partial charge in [-0.2, -0.15) is 4.89 Å². The van der Waals surface area contributed by atoms with E-state index in [4.69, 9.17) is 19.2 Å². The summed E-state index contributed by atoms with van der Waals surface area (Å²) in [5.41, 5.74) is 0.178. The quantitative estimate of drug-likeness (QED) is 0.505. The fraction of sp³-hybridized carbons (Fsp3) is 0.833. The summed E-state index contributed by atoms with van der Waals surface area (Å²) >= 11 is 0. The Balaban J connectivity index is 1.82. The van der Waals surface area contributed by atoms with E-state index in [1.807, 2.05) is 19.9 Å². The molecule has 0 aromatic rings. The third kappa shape index (κ3) is 1.73. The van der Waals surface area contributed by atoms with Crippen LogP contribution in [0, 0.1) is 0 Å². The largest absolute Gasteiger partial charge is 0.386 e. The third-order valence-corrected chi connectivity index (χ3v) is 3.80. The lowest BCUT2D eigenvalue weighted by atomic mass is 9.99. The van der Waals surface area contributed by atoms with Crippen LogP contribution in [0.3, 0.4) is 0 Å². The minimum Gasteiger partial charge on any atom is -0.386 e. The fourth-order valence-corrected chi connectivity index (χ4v) is 2.73. The maximum absolute atomic E-state index is 10.1. The Morgan fingerprint density at radius 3 is 2.71 bits per heavy atom. The molecular formula is C12H18O5. The van der Waals surface area contributed by atoms with Crippen LogP contribution >= 0.6 is 0 Å². The first kappa shape index (κ1) is 11.6. The molecule has 0 unspecified atom stereocenters. The predicted molar refractivity (Wildman–Crippen MR) is 58.0 cm³/mol. The summed E-state index contributed by atoms with van der Waals surface area (Å²) < 4.78 is 11.3. The van der Waals surface area contributed by atoms with Crippen molar-refractivity contribution in [1.29, 1.82) is 0 Å². The van der Waals surface area contributed by atoms with Crippen LogP contribution in [0.5, 0.6) is 0 Å². The van der Waals surface area contributed by atoms with Crippen LogP contribution in [0.25, 0.3) is 0 Å². The van der Waals surface area contributed by atoms with Gasteiger partial charge in [0.1, 0.15) is 17.8 Å². The van der Waals surface area contributed by atoms with Crippen LogP contribution in [-0.2, 0) is 19.2 Å². The number of ether oxygens (including phenoxy) is 2. The number of rotatable bonds is 0. The smallest absolute Gasteiger partial charge is 0.206 e. The van der Waals surface area contributed by atoms with Gasteiger partial charge in [-0.1, -0.05) is 0 Å². The molecule has 0 bridgehead atoms. The van der Waals surface area contributed by atoms with Crippen molar-refractivity contribution in [3.8, 4) is 0 Å². The van der Waals surface area contributed by atoms with Crippen molar-refractivity contribution >= 4 is 0 Å². The van der Waals surface area contributed by atoms with Gasteiger partial charge in [0.05, 0.1) is 13.2 Å². The topological polar surface area (TPSA) is 57.2 Å². The van der Waals surface area contributed by atoms with Crippen molar-refractivity contribution in [1.82, 2.24) is 0 Å². The Bertz CT molecular complexity index is 347. The Kier molecular flexibility index (Phi) is 2.57. The number of hydrogen-bond acceptors (Lipinski definition) is 5. The van der Waals surface area contributed by atoms with E-state index in [0.29, 0.717) is 26.1 Å². The lowest BCUT2D eigenvalue weighted by molar-refractivity contribution is -0.526. The fourth-order valence-electron chi connectivity index (χ4n) is 2.73. The molecule has 5 heteroatoms. The van der Waals surface area contributed by atoms with Gasteiger partial charge in [-0.15, -0.1) is 0 Å². The molecule has 1 N–H and O–H groups in total. The van der Waals surface area contributed by atoms with Crippen LogP contribution in [0.1, 0.15) is 26.7 Å². The first-order chi connectivity index (χ1) is 8.05. The highest BCUT2D eigenvalue weighted by Gasteiger charge is 2.56. The maximum Gasteiger partial charge on any atom is 0.206 e. The summed E-state index contributed by atoms with van der Waals surface area (Å²) in [6.45, 7) is 4.92. The van der Waals surface area contributed by atoms with Gasteiger partial charge in [-0.25, -0.2) is 4.89 Å². The summed E-state index contributed by atoms with van der Waals surface area (Å²) in [4.78, 5) is 11.0. The van der Waals surface area contributed by atoms with Crippen molar-refractivity contribution < 1.29 is 24.4 Å². The van der Waals surface area contributed by atoms with E-state index in [-0.39, 0.29) is 0 Å². The molecular weight excluding hydrogens is 224 g/mol. The molecule has 0 aromatic heterocycles. The minimum absolute atomic E-state index is 0.394. The van der Waals surface area contributed by atoms with Gasteiger partial charge in [-0.3, -0.25) is 0 Å². The SMILES string of the molecule is CC1=C[C@]2(C)OOC3(CCOCC3)O[C@@H]2[C@@H]1O. The second-order valence-electron chi connectivity index (χ2n) is 5.25. The van der Waals surface area contributed by atoms with Gasteiger partial charge in [0.2, 0.25) is 5.79 Å². The van der Waals surface area contributed by atoms with Crippen molar-refractivity contribution in [3.63, 3.8) is 0 Å². The van der Waals surface area contributed by atoms with Gasteiger partial charge in [0.15, 0.2) is 0 Å². The van der Waals surface area contributed by atoms with Crippen molar-refractivity contribution in [2.24, 2.45) is 0 Å². The molecule has 0 radical (unpaired) electrons. The maximum atomic E-state index is 10.1. The van der Waals surface area contributed by atoms with Crippen LogP contribution < -0.4 is 0 Å². The second-order valence-corrected chi connectivity index (χ2v) is 5.25. The molecule has 3 atom stereocenters. The van der Waals surface area contributed by atoms with Crippen LogP contribution in [0.15, 0.2) is 11.6 Å². The van der Waals surface area contributed by atoms with Gasteiger partial charge in [0, 0.05) is 12.8 Å². The monoisotopic (exact) mass is 242 g/mol. The lowest BCUT2D eigenvalue weighted by Gasteiger charge is -2.47. The molecule has 0 amide bonds. The molecule has 96 valence electrons. The summed E-state index contributed by atoms with van der Waals surface area (Å²) in [6.07, 6.45) is 2.11. The van der Waals surface area contributed by atoms with Gasteiger partial charge in [-0.05, 0) is 25.5 Å². The van der Waals surface area contributed by atoms with E-state index >= 15 is 0 Å². The van der Waals surface area contributed by atoms with Crippen LogP contribution in [0.4, 0.5) is 0 Å². The first-order valence-corrected chi connectivity index (χ1v) is 6.05. The zero-order valence-electron chi connectivity index (χ0n) is 10.1. The molecule has 2 heterocycles. The number of aliphatic hydroxyl groups is 1. The van der Waals surface area contributed by atoms with Gasteiger partial charge < -0.3 is 14.6 Å². The standard InChI is InChI=1S/C12H18O5/c1-8-7-11(2)10(9(8)13)15-12(17-16-11)3-5-14-6-4-12/h7,9-10,13H,3-6H2,1-2H3/t9-,10-,11+/m1/s1. The van der Waals surface area contributed by atoms with Crippen LogP contribution in [0.2, 0.25) is 0 Å². The molecule has 2 fully saturated rings. The summed E-state index contributed by atoms with van der Waals surface area (Å²) in [5.74, 6) is -0.748. The Morgan fingerprint density at radius 1 is 1.29 bits per heavy atom. The number of aliphatic hydroxyl groups excluding tert-OH is 1. The third-order valence-electron chi connectivity index (χ3n) is 3.80. The number of fused-ring (bicyclic) bond motifs is 1. The molecule has 5 nitrogen and oxygen atoms in total. The zero-order chi connectivity index (χ0) is 12.1. The number of hydrogen-bond donors (Lipinski definition) is 1. The highest BCUT2D eigenvalue weighted by Crippen LogP contribution is 2.44. The van der Waals surface area contributed by atoms with Crippen LogP contribution in [-0.4, -0.2) is 41.9 Å². The molecule has 1 spiro atoms. The van der Waals surface area contributed by atoms with Gasteiger partial charge in [0.25, 0.3) is 0 Å². The molecule has 3 rings (SSSR count). The lowest BCUT2D eigenvalue weighted by Crippen LogP contribution is -2.58. The summed E-state index contributed by atoms with van der Waals surface area (Å²) in [6, 6.07) is 0. The summed E-state index contributed by atoms with van der Waals surface area (Å²) in [7, 11) is 0. The van der Waals surface area contributed by atoms with E-state index < -0.39 is 23.6 Å². The zero-order valence-corrected chi connectivity index (χ0v) is 10.1. The first-order valence-electron chi connectivity index (χ1n) is 6.05. The minimum atomic E-state index is -0.748. The Morgan fingerprint density at radius 2 is 2.00 bits per heavy atom. The molecule has 2 aliphatic heterocycles. The van der Waals surface area contributed by atoms with E-state index in [1.165, 1.54) is 0 Å². The molecule has 0 saturated carbocycles. The Labute approximate surface area is 100 Å². The van der Waals surface area contributed by atoms with E-state index in [9.17, 15) is 5.11 Å². The molecule has 17 heavy (non-hydrogen) atoms. The average molecular weight is 242 g/mol. The second kappa shape index (κ2) is 3.76. The normalized spacial score (nSPS) is 44.5. The van der Waals surface area contributed by atoms with E-state index in [2.05, 4.69) is 0 Å². The van der Waals surface area contributed by atoms with Crippen molar-refractivity contribution in [2.75, 3.05) is 13.2 Å². The van der Waals surface area contributed by atoms with Crippen molar-refractivity contribution in [3.05, 3.63) is 11.6 Å². The Hall–Kier alpha value is -0.460. The van der Waals surface area contributed by atoms with Crippen molar-refractivity contribution in [2.45, 2.75) is 50.3 Å². The van der Waals surface area contributed by atoms with Gasteiger partial charge >= 0.3 is 0 Å². The average Bonchev–Trinajstić information content (AvgIpc) is 2.54. The highest BCUT2D eigenvalue weighted by molar-refractivity contribution is 5.26. The van der Waals surface area contributed by atoms with E-state index in [0.717, 1.165) is 5.57 Å². The highest BCUT2D eigenvalue weighted by atomic mass is 17.2. The predicted octanol–water partition coefficient (Wildman–Crippen LogP) is 0.920. The van der Waals surface area contributed by atoms with E-state index in [1.54, 1.807) is 0 Å². The summed E-state index contributed by atoms with van der Waals surface area (Å²) in [5, 5.41) is 10.1. The molecule has 3 aliphatic rings. The molecule has 0 aromatic carbocycles. The molecule has 2 saturated heterocycles.